The van der Waals surface area contributed by atoms with Gasteiger partial charge in [0.05, 0.1) is 12.2 Å². The van der Waals surface area contributed by atoms with Crippen LogP contribution in [0.3, 0.4) is 0 Å². The molecule has 2 atom stereocenters. The normalized spacial score (nSPS) is 21.9. The van der Waals surface area contributed by atoms with Crippen LogP contribution in [-0.2, 0) is 17.6 Å². The largest absolute Gasteiger partial charge is 0.486 e. The van der Waals surface area contributed by atoms with E-state index in [1.165, 1.54) is 0 Å². The van der Waals surface area contributed by atoms with E-state index in [1.807, 2.05) is 31.2 Å². The molecule has 1 aliphatic carbocycles. The maximum atomic E-state index is 12.5. The van der Waals surface area contributed by atoms with E-state index >= 15 is 0 Å². The average molecular weight is 327 g/mol. The molecule has 4 rings (SSSR count). The summed E-state index contributed by atoms with van der Waals surface area (Å²) in [5, 5.41) is 3.01. The van der Waals surface area contributed by atoms with Crippen molar-refractivity contribution < 1.29 is 14.3 Å². The van der Waals surface area contributed by atoms with E-state index in [1.54, 1.807) is 0 Å². The first-order valence-corrected chi connectivity index (χ1v) is 8.39. The van der Waals surface area contributed by atoms with Gasteiger partial charge in [0.1, 0.15) is 18.5 Å². The number of benzene rings is 1. The Morgan fingerprint density at radius 1 is 1.38 bits per heavy atom. The van der Waals surface area contributed by atoms with Gasteiger partial charge in [0.2, 0.25) is 5.91 Å². The minimum Gasteiger partial charge on any atom is -0.486 e. The van der Waals surface area contributed by atoms with Gasteiger partial charge in [-0.2, -0.15) is 0 Å². The lowest BCUT2D eigenvalue weighted by atomic mass is 9.89. The Morgan fingerprint density at radius 3 is 3.08 bits per heavy atom. The van der Waals surface area contributed by atoms with Crippen molar-refractivity contribution in [1.29, 1.82) is 0 Å². The lowest BCUT2D eigenvalue weighted by Gasteiger charge is -2.27. The summed E-state index contributed by atoms with van der Waals surface area (Å²) < 4.78 is 11.5. The number of carbonyl (C=O) groups excluding carboxylic acids is 1. The van der Waals surface area contributed by atoms with E-state index in [4.69, 9.17) is 9.47 Å². The fourth-order valence-electron chi connectivity index (χ4n) is 3.37. The number of rotatable bonds is 3. The van der Waals surface area contributed by atoms with Crippen LogP contribution in [0.5, 0.6) is 11.5 Å². The lowest BCUT2D eigenvalue weighted by molar-refractivity contribution is -0.125. The van der Waals surface area contributed by atoms with Crippen LogP contribution in [0, 0.1) is 12.8 Å². The number of fused-ring (bicyclic) bond motifs is 2. The summed E-state index contributed by atoms with van der Waals surface area (Å²) in [5.74, 6) is 2.49. The monoisotopic (exact) mass is 327 g/mol. The van der Waals surface area contributed by atoms with Crippen molar-refractivity contribution in [2.75, 3.05) is 13.2 Å². The number of nitrogens with zero attached hydrogens (tertiary/aromatic N) is 1. The highest BCUT2D eigenvalue weighted by atomic mass is 16.6. The van der Waals surface area contributed by atoms with Crippen LogP contribution < -0.4 is 14.8 Å². The van der Waals surface area contributed by atoms with Gasteiger partial charge in [-0.1, -0.05) is 12.1 Å². The molecule has 0 bridgehead atoms. The Labute approximate surface area is 140 Å². The molecule has 0 saturated carbocycles. The van der Waals surface area contributed by atoms with E-state index in [2.05, 4.69) is 15.3 Å². The first-order chi connectivity index (χ1) is 11.7. The van der Waals surface area contributed by atoms with Gasteiger partial charge >= 0.3 is 0 Å². The number of H-pyrrole nitrogens is 1. The summed E-state index contributed by atoms with van der Waals surface area (Å²) in [6.07, 6.45) is 2.27. The van der Waals surface area contributed by atoms with Crippen molar-refractivity contribution in [3.05, 3.63) is 41.5 Å². The summed E-state index contributed by atoms with van der Waals surface area (Å²) in [7, 11) is 0. The number of para-hydroxylation sites is 2. The molecule has 1 aliphatic heterocycles. The number of aromatic amines is 1. The van der Waals surface area contributed by atoms with Crippen LogP contribution in [0.15, 0.2) is 24.3 Å². The highest BCUT2D eigenvalue weighted by Crippen LogP contribution is 2.30. The average Bonchev–Trinajstić information content (AvgIpc) is 2.98. The van der Waals surface area contributed by atoms with Crippen molar-refractivity contribution in [3.63, 3.8) is 0 Å². The molecular formula is C18H21N3O3. The van der Waals surface area contributed by atoms with E-state index in [9.17, 15) is 4.79 Å². The van der Waals surface area contributed by atoms with Crippen LogP contribution in [0.25, 0.3) is 0 Å². The third-order valence-electron chi connectivity index (χ3n) is 4.61. The summed E-state index contributed by atoms with van der Waals surface area (Å²) in [6.45, 7) is 2.86. The Morgan fingerprint density at radius 2 is 2.21 bits per heavy atom. The summed E-state index contributed by atoms with van der Waals surface area (Å²) >= 11 is 0. The molecule has 2 N–H and O–H groups in total. The zero-order chi connectivity index (χ0) is 16.5. The second-order valence-electron chi connectivity index (χ2n) is 6.43. The molecular weight excluding hydrogens is 306 g/mol. The lowest BCUT2D eigenvalue weighted by Crippen LogP contribution is -2.43. The SMILES string of the molecule is Cc1nc2c([nH]1)C[C@@H](C(=O)NC[C@@H]1COc3ccccc3O1)CC2. The molecule has 2 heterocycles. The molecule has 0 unspecified atom stereocenters. The van der Waals surface area contributed by atoms with Crippen LogP contribution in [0.1, 0.15) is 23.6 Å². The van der Waals surface area contributed by atoms with Gasteiger partial charge in [-0.25, -0.2) is 4.98 Å². The molecule has 0 saturated heterocycles. The highest BCUT2D eigenvalue weighted by molar-refractivity contribution is 5.79. The molecule has 24 heavy (non-hydrogen) atoms. The topological polar surface area (TPSA) is 76.2 Å². The minimum atomic E-state index is -0.155. The number of amides is 1. The van der Waals surface area contributed by atoms with E-state index in [0.717, 1.165) is 48.0 Å². The first kappa shape index (κ1) is 15.1. The van der Waals surface area contributed by atoms with Crippen LogP contribution in [0.2, 0.25) is 0 Å². The number of nitrogens with one attached hydrogen (secondary N) is 2. The molecule has 0 radical (unpaired) electrons. The molecule has 2 aliphatic rings. The number of aromatic nitrogens is 2. The smallest absolute Gasteiger partial charge is 0.223 e. The number of aryl methyl sites for hydroxylation is 2. The Hall–Kier alpha value is -2.50. The van der Waals surface area contributed by atoms with Crippen molar-refractivity contribution in [3.8, 4) is 11.5 Å². The van der Waals surface area contributed by atoms with Crippen LogP contribution in [-0.4, -0.2) is 35.1 Å². The quantitative estimate of drug-likeness (QED) is 0.901. The van der Waals surface area contributed by atoms with Crippen molar-refractivity contribution >= 4 is 5.91 Å². The zero-order valence-corrected chi connectivity index (χ0v) is 13.7. The van der Waals surface area contributed by atoms with Crippen LogP contribution >= 0.6 is 0 Å². The van der Waals surface area contributed by atoms with Crippen LogP contribution in [0.4, 0.5) is 0 Å². The zero-order valence-electron chi connectivity index (χ0n) is 13.7. The van der Waals surface area contributed by atoms with Crippen molar-refractivity contribution in [2.24, 2.45) is 5.92 Å². The van der Waals surface area contributed by atoms with E-state index in [-0.39, 0.29) is 17.9 Å². The molecule has 2 aromatic rings. The molecule has 1 aromatic carbocycles. The standard InChI is InChI=1S/C18H21N3O3/c1-11-20-14-7-6-12(8-15(14)21-11)18(22)19-9-13-10-23-16-4-2-3-5-17(16)24-13/h2-5,12-13H,6-10H2,1H3,(H,19,22)(H,20,21)/t12-,13+/m0/s1. The molecule has 126 valence electrons. The fraction of sp³-hybridized carbons (Fsp3) is 0.444. The number of imidazole rings is 1. The number of hydrogen-bond acceptors (Lipinski definition) is 4. The second-order valence-corrected chi connectivity index (χ2v) is 6.43. The fourth-order valence-corrected chi connectivity index (χ4v) is 3.37. The van der Waals surface area contributed by atoms with Crippen molar-refractivity contribution in [1.82, 2.24) is 15.3 Å². The third kappa shape index (κ3) is 2.96. The van der Waals surface area contributed by atoms with Gasteiger partial charge in [-0.15, -0.1) is 0 Å². The van der Waals surface area contributed by atoms with Gasteiger partial charge in [0.15, 0.2) is 11.5 Å². The maximum Gasteiger partial charge on any atom is 0.223 e. The molecule has 1 aromatic heterocycles. The Bertz CT molecular complexity index is 756. The molecule has 0 spiro atoms. The highest BCUT2D eigenvalue weighted by Gasteiger charge is 2.28. The predicted octanol–water partition coefficient (Wildman–Crippen LogP) is 1.78. The molecule has 6 nitrogen and oxygen atoms in total. The minimum absolute atomic E-state index is 0.00542. The summed E-state index contributed by atoms with van der Waals surface area (Å²) in [5.41, 5.74) is 2.21. The van der Waals surface area contributed by atoms with E-state index < -0.39 is 0 Å². The van der Waals surface area contributed by atoms with Gasteiger partial charge in [-0.05, 0) is 31.9 Å². The Balaban J connectivity index is 1.31. The summed E-state index contributed by atoms with van der Waals surface area (Å²) in [4.78, 5) is 20.2. The van der Waals surface area contributed by atoms with Crippen molar-refractivity contribution in [2.45, 2.75) is 32.3 Å². The Kier molecular flexibility index (Phi) is 3.88. The predicted molar refractivity (Wildman–Crippen MR) is 88.2 cm³/mol. The van der Waals surface area contributed by atoms with Gasteiger partial charge < -0.3 is 19.8 Å². The van der Waals surface area contributed by atoms with Gasteiger partial charge in [-0.3, -0.25) is 4.79 Å². The maximum absolute atomic E-state index is 12.5. The first-order valence-electron chi connectivity index (χ1n) is 8.39. The third-order valence-corrected chi connectivity index (χ3v) is 4.61. The summed E-state index contributed by atoms with van der Waals surface area (Å²) in [6, 6.07) is 7.59. The number of hydrogen-bond donors (Lipinski definition) is 2. The number of carbonyl (C=O) groups is 1. The van der Waals surface area contributed by atoms with E-state index in [0.29, 0.717) is 13.2 Å². The second kappa shape index (κ2) is 6.19. The number of ether oxygens (including phenoxy) is 2. The van der Waals surface area contributed by atoms with Gasteiger partial charge in [0, 0.05) is 18.0 Å². The van der Waals surface area contributed by atoms with Gasteiger partial charge in [0.25, 0.3) is 0 Å². The molecule has 6 heteroatoms. The molecule has 0 fully saturated rings. The molecule has 1 amide bonds.